The summed E-state index contributed by atoms with van der Waals surface area (Å²) >= 11 is 2.36. The molecule has 0 radical (unpaired) electrons. The molecule has 2 heterocycles. The Balaban J connectivity index is 2.09. The van der Waals surface area contributed by atoms with Crippen molar-refractivity contribution in [2.24, 2.45) is 0 Å². The van der Waals surface area contributed by atoms with Crippen molar-refractivity contribution in [3.05, 3.63) is 32.6 Å². The number of hydrogen-bond acceptors (Lipinski definition) is 4. The summed E-state index contributed by atoms with van der Waals surface area (Å²) in [5.41, 5.74) is -0.271. The second-order valence-corrected chi connectivity index (χ2v) is 14.3. The van der Waals surface area contributed by atoms with E-state index < -0.39 is 14.0 Å². The predicted octanol–water partition coefficient (Wildman–Crippen LogP) is 2.96. The maximum Gasteiger partial charge on any atom is 0.330 e. The Labute approximate surface area is 157 Å². The van der Waals surface area contributed by atoms with Crippen LogP contribution in [-0.2, 0) is 9.16 Å². The summed E-state index contributed by atoms with van der Waals surface area (Å²) in [6.45, 7) is 13.3. The number of nitrogens with zero attached hydrogens (tertiary/aromatic N) is 1. The minimum Gasteiger partial charge on any atom is -0.414 e. The van der Waals surface area contributed by atoms with Crippen molar-refractivity contribution < 1.29 is 9.16 Å². The van der Waals surface area contributed by atoms with Crippen molar-refractivity contribution >= 4 is 30.9 Å². The van der Waals surface area contributed by atoms with Gasteiger partial charge < -0.3 is 9.16 Å². The number of nitrogens with one attached hydrogen (secondary N) is 1. The van der Waals surface area contributed by atoms with Crippen LogP contribution in [0.3, 0.4) is 0 Å². The van der Waals surface area contributed by atoms with Crippen LogP contribution in [0.15, 0.2) is 15.8 Å². The monoisotopic (exact) mass is 466 g/mol. The highest BCUT2D eigenvalue weighted by Gasteiger charge is 2.41. The van der Waals surface area contributed by atoms with Gasteiger partial charge in [0, 0.05) is 22.1 Å². The molecule has 0 aliphatic carbocycles. The number of ether oxygens (including phenoxy) is 1. The van der Waals surface area contributed by atoms with Gasteiger partial charge in [-0.1, -0.05) is 43.4 Å². The summed E-state index contributed by atoms with van der Waals surface area (Å²) in [5.74, 6) is 0. The van der Waals surface area contributed by atoms with Crippen molar-refractivity contribution in [2.45, 2.75) is 68.5 Å². The van der Waals surface area contributed by atoms with E-state index in [2.05, 4.69) is 61.4 Å². The molecule has 24 heavy (non-hydrogen) atoms. The molecule has 1 aromatic heterocycles. The largest absolute Gasteiger partial charge is 0.414 e. The fourth-order valence-corrected chi connectivity index (χ4v) is 4.14. The molecular formula is C16H27IN2O4Si. The number of aromatic nitrogens is 2. The molecule has 2 rings (SSSR count). The van der Waals surface area contributed by atoms with Crippen LogP contribution in [-0.4, -0.2) is 34.5 Å². The molecular weight excluding hydrogens is 439 g/mol. The molecule has 3 atom stereocenters. The molecule has 136 valence electrons. The second kappa shape index (κ2) is 7.04. The maximum atomic E-state index is 12.0. The molecule has 8 heteroatoms. The first-order valence-corrected chi connectivity index (χ1v) is 12.3. The van der Waals surface area contributed by atoms with E-state index in [4.69, 9.17) is 9.16 Å². The summed E-state index contributed by atoms with van der Waals surface area (Å²) in [5, 5.41) is 0.152. The van der Waals surface area contributed by atoms with Crippen LogP contribution in [0.5, 0.6) is 0 Å². The van der Waals surface area contributed by atoms with Crippen molar-refractivity contribution in [1.82, 2.24) is 9.55 Å². The van der Waals surface area contributed by atoms with E-state index in [0.717, 1.165) is 6.42 Å². The normalized spacial score (nSPS) is 25.2. The fraction of sp³-hybridized carbons (Fsp3) is 0.750. The van der Waals surface area contributed by atoms with Crippen molar-refractivity contribution in [2.75, 3.05) is 6.61 Å². The molecule has 1 saturated heterocycles. The van der Waals surface area contributed by atoms with Crippen molar-refractivity contribution in [3.8, 4) is 0 Å². The molecule has 0 spiro atoms. The standard InChI is InChI=1S/C16H27IN2O4Si/c1-10-8-19(15(21)18-14(10)20)13-7-11(17)12(23-13)9-22-24(5,6)16(2,3)4/h8,11-13H,7,9H2,1-6H3,(H,18,20,21)/t11-,12-,13-/m1/s1. The van der Waals surface area contributed by atoms with Gasteiger partial charge in [0.2, 0.25) is 0 Å². The zero-order valence-electron chi connectivity index (χ0n) is 15.2. The Morgan fingerprint density at radius 3 is 2.62 bits per heavy atom. The molecule has 0 saturated carbocycles. The molecule has 6 nitrogen and oxygen atoms in total. The third-order valence-electron chi connectivity index (χ3n) is 5.03. The number of aryl methyl sites for hydroxylation is 1. The minimum absolute atomic E-state index is 0.0520. The van der Waals surface area contributed by atoms with Crippen LogP contribution >= 0.6 is 22.6 Å². The van der Waals surface area contributed by atoms with Gasteiger partial charge >= 0.3 is 5.69 Å². The lowest BCUT2D eigenvalue weighted by atomic mass is 10.2. The number of H-pyrrole nitrogens is 1. The quantitative estimate of drug-likeness (QED) is 0.421. The molecule has 1 fully saturated rings. The van der Waals surface area contributed by atoms with Gasteiger partial charge in [-0.25, -0.2) is 4.79 Å². The molecule has 0 amide bonds. The van der Waals surface area contributed by atoms with Gasteiger partial charge in [0.15, 0.2) is 8.32 Å². The first kappa shape index (κ1) is 19.9. The minimum atomic E-state index is -1.83. The van der Waals surface area contributed by atoms with E-state index in [1.165, 1.54) is 4.57 Å². The topological polar surface area (TPSA) is 73.3 Å². The van der Waals surface area contributed by atoms with Gasteiger partial charge in [-0.05, 0) is 25.1 Å². The first-order valence-electron chi connectivity index (χ1n) is 8.18. The number of alkyl halides is 1. The Bertz CT molecular complexity index is 707. The predicted molar refractivity (Wildman–Crippen MR) is 106 cm³/mol. The second-order valence-electron chi connectivity index (χ2n) is 7.93. The van der Waals surface area contributed by atoms with Gasteiger partial charge in [-0.3, -0.25) is 14.3 Å². The third kappa shape index (κ3) is 4.20. The highest BCUT2D eigenvalue weighted by atomic mass is 127. The molecule has 0 bridgehead atoms. The summed E-state index contributed by atoms with van der Waals surface area (Å²) in [6, 6.07) is 0. The van der Waals surface area contributed by atoms with Crippen LogP contribution in [0, 0.1) is 6.92 Å². The molecule has 1 N–H and O–H groups in total. The Morgan fingerprint density at radius 2 is 2.04 bits per heavy atom. The first-order chi connectivity index (χ1) is 10.9. The number of rotatable bonds is 4. The van der Waals surface area contributed by atoms with E-state index in [-0.39, 0.29) is 26.9 Å². The highest BCUT2D eigenvalue weighted by Crippen LogP contribution is 2.38. The lowest BCUT2D eigenvalue weighted by Gasteiger charge is -2.37. The van der Waals surface area contributed by atoms with E-state index in [9.17, 15) is 9.59 Å². The lowest BCUT2D eigenvalue weighted by Crippen LogP contribution is -2.43. The summed E-state index contributed by atoms with van der Waals surface area (Å²) in [6.07, 6.45) is 1.89. The number of hydrogen-bond donors (Lipinski definition) is 1. The molecule has 1 aliphatic heterocycles. The van der Waals surface area contributed by atoms with Gasteiger partial charge in [0.05, 0.1) is 12.7 Å². The zero-order valence-corrected chi connectivity index (χ0v) is 18.3. The van der Waals surface area contributed by atoms with Crippen molar-refractivity contribution in [1.29, 1.82) is 0 Å². The van der Waals surface area contributed by atoms with Crippen LogP contribution in [0.1, 0.15) is 39.0 Å². The highest BCUT2D eigenvalue weighted by molar-refractivity contribution is 14.1. The maximum absolute atomic E-state index is 12.0. The molecule has 0 aromatic carbocycles. The average molecular weight is 466 g/mol. The lowest BCUT2D eigenvalue weighted by molar-refractivity contribution is -0.0208. The Kier molecular flexibility index (Phi) is 5.83. The number of halogens is 1. The average Bonchev–Trinajstić information content (AvgIpc) is 2.80. The summed E-state index contributed by atoms with van der Waals surface area (Å²) in [4.78, 5) is 25.9. The fourth-order valence-electron chi connectivity index (χ4n) is 2.32. The van der Waals surface area contributed by atoms with E-state index in [1.807, 2.05) is 0 Å². The third-order valence-corrected chi connectivity index (χ3v) is 10.8. The van der Waals surface area contributed by atoms with Gasteiger partial charge in [0.1, 0.15) is 6.23 Å². The molecule has 0 unspecified atom stereocenters. The Morgan fingerprint density at radius 1 is 1.42 bits per heavy atom. The van der Waals surface area contributed by atoms with Crippen LogP contribution < -0.4 is 11.2 Å². The van der Waals surface area contributed by atoms with Crippen LogP contribution in [0.4, 0.5) is 0 Å². The Hall–Kier alpha value is -0.453. The van der Waals surface area contributed by atoms with Gasteiger partial charge in [0.25, 0.3) is 5.56 Å². The SMILES string of the molecule is Cc1cn([C@H]2C[C@@H](I)[C@@H](CO[Si](C)(C)C(C)(C)C)O2)c(=O)[nH]c1=O. The summed E-state index contributed by atoms with van der Waals surface area (Å²) in [7, 11) is -1.83. The van der Waals surface area contributed by atoms with Gasteiger partial charge in [-0.15, -0.1) is 0 Å². The van der Waals surface area contributed by atoms with Crippen LogP contribution in [0.25, 0.3) is 0 Å². The summed E-state index contributed by atoms with van der Waals surface area (Å²) < 4.78 is 14.1. The zero-order chi connectivity index (χ0) is 18.3. The van der Waals surface area contributed by atoms with Crippen LogP contribution in [0.2, 0.25) is 18.1 Å². The smallest absolute Gasteiger partial charge is 0.330 e. The molecule has 1 aliphatic rings. The van der Waals surface area contributed by atoms with Crippen molar-refractivity contribution in [3.63, 3.8) is 0 Å². The number of aromatic amines is 1. The van der Waals surface area contributed by atoms with E-state index in [1.54, 1.807) is 13.1 Å². The van der Waals surface area contributed by atoms with E-state index in [0.29, 0.717) is 12.2 Å². The molecule has 1 aromatic rings. The van der Waals surface area contributed by atoms with Gasteiger partial charge in [-0.2, -0.15) is 0 Å². The van der Waals surface area contributed by atoms with E-state index >= 15 is 0 Å².